The molecule has 0 saturated heterocycles. The van der Waals surface area contributed by atoms with Gasteiger partial charge >= 0.3 is 0 Å². The first kappa shape index (κ1) is 26.3. The van der Waals surface area contributed by atoms with Gasteiger partial charge in [-0.3, -0.25) is 0 Å². The molecule has 8 rings (SSSR count). The van der Waals surface area contributed by atoms with E-state index in [9.17, 15) is 0 Å². The quantitative estimate of drug-likeness (QED) is 0.191. The number of rotatable bonds is 3. The average molecular weight is 592 g/mol. The molecule has 0 amide bonds. The third-order valence-corrected chi connectivity index (χ3v) is 13.5. The number of nitrogens with zero attached hydrogens (tertiary/aromatic N) is 1. The Morgan fingerprint density at radius 2 is 1.12 bits per heavy atom. The second kappa shape index (κ2) is 9.88. The smallest absolute Gasteiger partial charge is 0.173 e. The fourth-order valence-electron chi connectivity index (χ4n) is 6.75. The zero-order chi connectivity index (χ0) is 29.2. The van der Waals surface area contributed by atoms with E-state index in [-0.39, 0.29) is 5.41 Å². The van der Waals surface area contributed by atoms with Crippen LogP contribution in [0.25, 0.3) is 11.1 Å². The van der Waals surface area contributed by atoms with E-state index >= 15 is 4.57 Å². The van der Waals surface area contributed by atoms with Gasteiger partial charge in [-0.15, -0.1) is 0 Å². The lowest BCUT2D eigenvalue weighted by Crippen LogP contribution is -2.30. The lowest BCUT2D eigenvalue weighted by molar-refractivity contribution is 0.591. The second-order valence-corrected chi connectivity index (χ2v) is 15.5. The van der Waals surface area contributed by atoms with Gasteiger partial charge in [0.25, 0.3) is 0 Å². The van der Waals surface area contributed by atoms with E-state index in [0.29, 0.717) is 0 Å². The van der Waals surface area contributed by atoms with Gasteiger partial charge in [-0.05, 0) is 70.8 Å². The Balaban J connectivity index is 1.23. The van der Waals surface area contributed by atoms with E-state index in [2.05, 4.69) is 116 Å². The summed E-state index contributed by atoms with van der Waals surface area (Å²) in [6, 6.07) is 50.9. The first-order valence-electron chi connectivity index (χ1n) is 14.6. The predicted octanol–water partition coefficient (Wildman–Crippen LogP) is 9.57. The average Bonchev–Trinajstić information content (AvgIpc) is 3.06. The van der Waals surface area contributed by atoms with Crippen molar-refractivity contribution >= 4 is 51.9 Å². The number of hydrogen-bond acceptors (Lipinski definition) is 3. The van der Waals surface area contributed by atoms with Gasteiger partial charge in [0.15, 0.2) is 7.14 Å². The van der Waals surface area contributed by atoms with Gasteiger partial charge in [0, 0.05) is 36.8 Å². The summed E-state index contributed by atoms with van der Waals surface area (Å²) in [5.74, 6) is 0. The molecule has 2 nitrogen and oxygen atoms in total. The molecule has 0 N–H and O–H groups in total. The van der Waals surface area contributed by atoms with Gasteiger partial charge in [0.1, 0.15) is 0 Å². The molecule has 0 fully saturated rings. The molecule has 6 aromatic carbocycles. The van der Waals surface area contributed by atoms with Crippen LogP contribution in [0.4, 0.5) is 17.1 Å². The lowest BCUT2D eigenvalue weighted by atomic mass is 9.73. The zero-order valence-corrected chi connectivity index (χ0v) is 25.8. The van der Waals surface area contributed by atoms with Crippen LogP contribution in [0, 0.1) is 0 Å². The molecule has 0 spiro atoms. The molecule has 1 atom stereocenters. The molecule has 2 aliphatic rings. The predicted molar refractivity (Wildman–Crippen MR) is 182 cm³/mol. The Hall–Kier alpha value is -4.30. The largest absolute Gasteiger partial charge is 0.310 e. The highest BCUT2D eigenvalue weighted by Crippen LogP contribution is 2.53. The number of anilines is 3. The number of para-hydroxylation sites is 2. The van der Waals surface area contributed by atoms with Crippen LogP contribution in [0.2, 0.25) is 0 Å². The fourth-order valence-corrected chi connectivity index (χ4v) is 11.4. The van der Waals surface area contributed by atoms with E-state index in [1.54, 1.807) is 11.8 Å². The van der Waals surface area contributed by atoms with E-state index in [4.69, 9.17) is 0 Å². The molecule has 2 aliphatic heterocycles. The third-order valence-electron chi connectivity index (χ3n) is 8.94. The summed E-state index contributed by atoms with van der Waals surface area (Å²) in [7, 11) is -3.04. The van der Waals surface area contributed by atoms with Gasteiger partial charge in [-0.1, -0.05) is 123 Å². The normalized spacial score (nSPS) is 17.8. The van der Waals surface area contributed by atoms with Crippen LogP contribution in [-0.4, -0.2) is 0 Å². The molecule has 0 radical (unpaired) electrons. The van der Waals surface area contributed by atoms with Gasteiger partial charge in [-0.25, -0.2) is 0 Å². The van der Waals surface area contributed by atoms with Crippen LogP contribution in [0.1, 0.15) is 25.0 Å². The zero-order valence-electron chi connectivity index (χ0n) is 24.1. The van der Waals surface area contributed by atoms with Crippen molar-refractivity contribution < 1.29 is 4.57 Å². The summed E-state index contributed by atoms with van der Waals surface area (Å²) >= 11 is 1.71. The van der Waals surface area contributed by atoms with Crippen molar-refractivity contribution in [2.45, 2.75) is 29.1 Å². The molecule has 208 valence electrons. The summed E-state index contributed by atoms with van der Waals surface area (Å²) in [4.78, 5) is 4.52. The maximum atomic E-state index is 15.2. The molecule has 4 heteroatoms. The fraction of sp³-hybridized carbons (Fsp3) is 0.0769. The van der Waals surface area contributed by atoms with Gasteiger partial charge < -0.3 is 9.46 Å². The van der Waals surface area contributed by atoms with Crippen molar-refractivity contribution in [3.63, 3.8) is 0 Å². The molecule has 0 saturated carbocycles. The highest BCUT2D eigenvalue weighted by Gasteiger charge is 2.38. The van der Waals surface area contributed by atoms with E-state index in [1.165, 1.54) is 22.5 Å². The maximum Gasteiger partial charge on any atom is 0.173 e. The summed E-state index contributed by atoms with van der Waals surface area (Å²) in [5, 5.41) is 2.73. The van der Waals surface area contributed by atoms with Crippen LogP contribution in [0.15, 0.2) is 155 Å². The van der Waals surface area contributed by atoms with Gasteiger partial charge in [0.2, 0.25) is 0 Å². The first-order valence-corrected chi connectivity index (χ1v) is 17.2. The summed E-state index contributed by atoms with van der Waals surface area (Å²) in [6.07, 6.45) is 0. The Morgan fingerprint density at radius 1 is 0.558 bits per heavy atom. The molecule has 43 heavy (non-hydrogen) atoms. The van der Waals surface area contributed by atoms with Gasteiger partial charge in [0.05, 0.1) is 11.4 Å². The SMILES string of the molecule is CC1(C)c2ccccc2N(c2ccc(-c3ccc4c(c3)P(=O)(c3ccccc3)c3ccccc3S4)cc2)c2ccccc21. The minimum atomic E-state index is -3.04. The molecule has 2 heterocycles. The maximum absolute atomic E-state index is 15.2. The number of hydrogen-bond donors (Lipinski definition) is 0. The molecule has 0 bridgehead atoms. The van der Waals surface area contributed by atoms with Crippen molar-refractivity contribution in [1.82, 2.24) is 0 Å². The van der Waals surface area contributed by atoms with E-state index in [1.807, 2.05) is 48.5 Å². The summed E-state index contributed by atoms with van der Waals surface area (Å²) in [6.45, 7) is 4.62. The summed E-state index contributed by atoms with van der Waals surface area (Å²) < 4.78 is 15.2. The van der Waals surface area contributed by atoms with Crippen LogP contribution in [0.5, 0.6) is 0 Å². The standard InChI is InChI=1S/C39H30NOPS/c1-39(2)31-14-6-8-16-33(31)40(34-17-9-7-15-32(34)39)29-23-20-27(21-24-29)28-22-25-38-36(26-28)42(41,30-12-4-3-5-13-30)35-18-10-11-19-37(35)43-38/h3-26H,1-2H3. The second-order valence-electron chi connectivity index (χ2n) is 11.7. The first-order chi connectivity index (χ1) is 21.0. The Labute approximate surface area is 257 Å². The topological polar surface area (TPSA) is 20.3 Å². The highest BCUT2D eigenvalue weighted by atomic mass is 32.2. The number of benzene rings is 6. The van der Waals surface area contributed by atoms with Crippen molar-refractivity contribution in [1.29, 1.82) is 0 Å². The van der Waals surface area contributed by atoms with Gasteiger partial charge in [-0.2, -0.15) is 0 Å². The van der Waals surface area contributed by atoms with Crippen LogP contribution in [0.3, 0.4) is 0 Å². The van der Waals surface area contributed by atoms with Crippen LogP contribution in [-0.2, 0) is 9.98 Å². The Kier molecular flexibility index (Phi) is 6.05. The Bertz CT molecular complexity index is 2020. The van der Waals surface area contributed by atoms with Crippen molar-refractivity contribution in [3.05, 3.63) is 157 Å². The lowest BCUT2D eigenvalue weighted by Gasteiger charge is -2.42. The summed E-state index contributed by atoms with van der Waals surface area (Å²) in [5.41, 5.74) is 8.28. The van der Waals surface area contributed by atoms with Crippen molar-refractivity contribution in [2.75, 3.05) is 4.90 Å². The van der Waals surface area contributed by atoms with E-state index in [0.717, 1.165) is 42.5 Å². The molecule has 0 aromatic heterocycles. The molecule has 0 aliphatic carbocycles. The molecular weight excluding hydrogens is 561 g/mol. The molecule has 1 unspecified atom stereocenters. The molecule has 6 aromatic rings. The Morgan fingerprint density at radius 3 is 1.81 bits per heavy atom. The van der Waals surface area contributed by atoms with Crippen LogP contribution < -0.4 is 20.8 Å². The monoisotopic (exact) mass is 591 g/mol. The van der Waals surface area contributed by atoms with Crippen molar-refractivity contribution in [2.24, 2.45) is 0 Å². The molecular formula is C39H30NOPS. The minimum Gasteiger partial charge on any atom is -0.310 e. The number of fused-ring (bicyclic) bond motifs is 4. The van der Waals surface area contributed by atoms with Crippen molar-refractivity contribution in [3.8, 4) is 11.1 Å². The minimum absolute atomic E-state index is 0.0872. The van der Waals surface area contributed by atoms with Crippen LogP contribution >= 0.6 is 18.9 Å². The highest BCUT2D eigenvalue weighted by molar-refractivity contribution is 8.02. The van der Waals surface area contributed by atoms with E-state index < -0.39 is 7.14 Å². The third kappa shape index (κ3) is 3.99.